The SMILES string of the molecule is CCCCCC1(N=C=S)C=CC(c2ccccc2)=C(F)C1. The third-order valence-electron chi connectivity index (χ3n) is 3.88. The van der Waals surface area contributed by atoms with E-state index < -0.39 is 5.54 Å². The van der Waals surface area contributed by atoms with Gasteiger partial charge in [0, 0.05) is 12.0 Å². The molecule has 0 saturated carbocycles. The number of isothiocyanates is 1. The quantitative estimate of drug-likeness (QED) is 0.370. The molecule has 1 aliphatic carbocycles. The number of thiocarbonyl (C=S) groups is 1. The Kier molecular flexibility index (Phi) is 5.60. The lowest BCUT2D eigenvalue weighted by Gasteiger charge is -2.28. The van der Waals surface area contributed by atoms with Gasteiger partial charge in [0.2, 0.25) is 0 Å². The van der Waals surface area contributed by atoms with E-state index in [1.807, 2.05) is 42.5 Å². The minimum absolute atomic E-state index is 0.116. The molecule has 1 atom stereocenters. The molecule has 0 saturated heterocycles. The van der Waals surface area contributed by atoms with Crippen LogP contribution in [0, 0.1) is 0 Å². The van der Waals surface area contributed by atoms with Gasteiger partial charge in [-0.15, -0.1) is 0 Å². The van der Waals surface area contributed by atoms with E-state index in [2.05, 4.69) is 17.1 Å². The van der Waals surface area contributed by atoms with Crippen LogP contribution in [0.25, 0.3) is 5.57 Å². The second kappa shape index (κ2) is 7.44. The van der Waals surface area contributed by atoms with Gasteiger partial charge in [-0.05, 0) is 24.2 Å². The van der Waals surface area contributed by atoms with Gasteiger partial charge in [-0.25, -0.2) is 9.38 Å². The fourth-order valence-corrected chi connectivity index (χ4v) is 2.88. The number of benzene rings is 1. The van der Waals surface area contributed by atoms with Gasteiger partial charge in [-0.2, -0.15) is 0 Å². The molecule has 0 aliphatic heterocycles. The van der Waals surface area contributed by atoms with E-state index >= 15 is 0 Å². The van der Waals surface area contributed by atoms with Crippen molar-refractivity contribution in [3.05, 3.63) is 53.9 Å². The summed E-state index contributed by atoms with van der Waals surface area (Å²) in [7, 11) is 0. The molecule has 0 bridgehead atoms. The molecule has 2 rings (SSSR count). The Morgan fingerprint density at radius 1 is 1.29 bits per heavy atom. The maximum Gasteiger partial charge on any atom is 0.110 e. The van der Waals surface area contributed by atoms with E-state index in [0.29, 0.717) is 5.57 Å². The normalized spacial score (nSPS) is 21.2. The molecule has 21 heavy (non-hydrogen) atoms. The minimum atomic E-state index is -0.542. The number of rotatable bonds is 6. The van der Waals surface area contributed by atoms with Crippen LogP contribution in [0.15, 0.2) is 53.3 Å². The zero-order chi connectivity index (χ0) is 15.1. The molecule has 0 fully saturated rings. The fraction of sp³-hybridized carbons (Fsp3) is 0.389. The van der Waals surface area contributed by atoms with Crippen LogP contribution in [0.2, 0.25) is 0 Å². The van der Waals surface area contributed by atoms with E-state index in [9.17, 15) is 4.39 Å². The maximum absolute atomic E-state index is 14.6. The lowest BCUT2D eigenvalue weighted by molar-refractivity contribution is 0.417. The summed E-state index contributed by atoms with van der Waals surface area (Å²) in [5.41, 5.74) is 1.01. The molecule has 0 amide bonds. The number of unbranched alkanes of at least 4 members (excludes halogenated alkanes) is 2. The zero-order valence-corrected chi connectivity index (χ0v) is 13.1. The van der Waals surface area contributed by atoms with Crippen LogP contribution >= 0.6 is 12.2 Å². The zero-order valence-electron chi connectivity index (χ0n) is 12.3. The summed E-state index contributed by atoms with van der Waals surface area (Å²) in [6, 6.07) is 9.61. The molecule has 1 unspecified atom stereocenters. The molecule has 0 aromatic heterocycles. The van der Waals surface area contributed by atoms with Gasteiger partial charge in [-0.1, -0.05) is 68.7 Å². The Bertz CT molecular complexity index is 584. The molecular weight excluding hydrogens is 281 g/mol. The number of allylic oxidation sites excluding steroid dienone is 2. The first kappa shape index (κ1) is 15.8. The van der Waals surface area contributed by atoms with Crippen molar-refractivity contribution in [3.8, 4) is 0 Å². The van der Waals surface area contributed by atoms with Crippen LogP contribution in [0.3, 0.4) is 0 Å². The van der Waals surface area contributed by atoms with Crippen molar-refractivity contribution in [3.63, 3.8) is 0 Å². The number of halogens is 1. The Labute approximate surface area is 131 Å². The molecular formula is C18H20FNS. The van der Waals surface area contributed by atoms with Crippen molar-refractivity contribution < 1.29 is 4.39 Å². The van der Waals surface area contributed by atoms with Crippen LogP contribution in [0.1, 0.15) is 44.6 Å². The van der Waals surface area contributed by atoms with Gasteiger partial charge in [0.15, 0.2) is 0 Å². The average Bonchev–Trinajstić information content (AvgIpc) is 2.49. The van der Waals surface area contributed by atoms with Gasteiger partial charge in [0.1, 0.15) is 5.83 Å². The summed E-state index contributed by atoms with van der Waals surface area (Å²) in [5, 5.41) is 2.45. The Balaban J connectivity index is 2.23. The third-order valence-corrected chi connectivity index (χ3v) is 3.97. The Morgan fingerprint density at radius 3 is 2.67 bits per heavy atom. The van der Waals surface area contributed by atoms with Crippen LogP contribution in [-0.4, -0.2) is 10.7 Å². The van der Waals surface area contributed by atoms with Gasteiger partial charge < -0.3 is 0 Å². The summed E-state index contributed by atoms with van der Waals surface area (Å²) >= 11 is 4.76. The highest BCUT2D eigenvalue weighted by Gasteiger charge is 2.31. The molecule has 0 spiro atoms. The third kappa shape index (κ3) is 3.96. The predicted molar refractivity (Wildman–Crippen MR) is 90.1 cm³/mol. The van der Waals surface area contributed by atoms with E-state index in [1.54, 1.807) is 0 Å². The molecule has 3 heteroatoms. The molecule has 1 nitrogen and oxygen atoms in total. The maximum atomic E-state index is 14.6. The highest BCUT2D eigenvalue weighted by atomic mass is 32.1. The van der Waals surface area contributed by atoms with E-state index in [1.165, 1.54) is 0 Å². The van der Waals surface area contributed by atoms with Crippen molar-refractivity contribution in [1.82, 2.24) is 0 Å². The Hall–Kier alpha value is -1.57. The Morgan fingerprint density at radius 2 is 2.05 bits per heavy atom. The number of aliphatic imine (C=N–C) groups is 1. The summed E-state index contributed by atoms with van der Waals surface area (Å²) in [5.74, 6) is -0.116. The van der Waals surface area contributed by atoms with Crippen LogP contribution in [0.5, 0.6) is 0 Å². The summed E-state index contributed by atoms with van der Waals surface area (Å²) < 4.78 is 14.6. The lowest BCUT2D eigenvalue weighted by Crippen LogP contribution is -2.26. The summed E-state index contributed by atoms with van der Waals surface area (Å²) in [6.07, 6.45) is 8.21. The molecule has 0 radical (unpaired) electrons. The highest BCUT2D eigenvalue weighted by Crippen LogP contribution is 2.38. The van der Waals surface area contributed by atoms with Crippen molar-refractivity contribution >= 4 is 23.0 Å². The number of hydrogen-bond acceptors (Lipinski definition) is 2. The van der Waals surface area contributed by atoms with Gasteiger partial charge >= 0.3 is 0 Å². The second-order valence-electron chi connectivity index (χ2n) is 5.46. The second-order valence-corrected chi connectivity index (χ2v) is 5.64. The topological polar surface area (TPSA) is 12.4 Å². The van der Waals surface area contributed by atoms with Crippen molar-refractivity contribution in [1.29, 1.82) is 0 Å². The van der Waals surface area contributed by atoms with Crippen LogP contribution < -0.4 is 0 Å². The van der Waals surface area contributed by atoms with Crippen LogP contribution in [-0.2, 0) is 0 Å². The van der Waals surface area contributed by atoms with Crippen LogP contribution in [0.4, 0.5) is 4.39 Å². The number of hydrogen-bond donors (Lipinski definition) is 0. The van der Waals surface area contributed by atoms with Gasteiger partial charge in [0.25, 0.3) is 0 Å². The first-order valence-corrected chi connectivity index (χ1v) is 7.84. The van der Waals surface area contributed by atoms with Gasteiger partial charge in [-0.3, -0.25) is 0 Å². The van der Waals surface area contributed by atoms with Crippen molar-refractivity contribution in [2.45, 2.75) is 44.6 Å². The lowest BCUT2D eigenvalue weighted by atomic mass is 9.82. The minimum Gasteiger partial charge on any atom is -0.221 e. The van der Waals surface area contributed by atoms with Crippen molar-refractivity contribution in [2.75, 3.05) is 0 Å². The molecule has 110 valence electrons. The summed E-state index contributed by atoms with van der Waals surface area (Å²) in [6.45, 7) is 2.15. The number of nitrogens with zero attached hydrogens (tertiary/aromatic N) is 1. The van der Waals surface area contributed by atoms with E-state index in [0.717, 1.165) is 31.2 Å². The predicted octanol–water partition coefficient (Wildman–Crippen LogP) is 5.75. The standard InChI is InChI=1S/C18H20FNS/c1-2-3-7-11-18(20-14-21)12-10-16(17(19)13-18)15-8-5-4-6-9-15/h4-6,8-10,12H,2-3,7,11,13H2,1H3. The molecule has 1 aliphatic rings. The molecule has 0 N–H and O–H groups in total. The van der Waals surface area contributed by atoms with Crippen molar-refractivity contribution in [2.24, 2.45) is 4.99 Å². The van der Waals surface area contributed by atoms with E-state index in [4.69, 9.17) is 12.2 Å². The highest BCUT2D eigenvalue weighted by molar-refractivity contribution is 7.78. The fourth-order valence-electron chi connectivity index (χ4n) is 2.70. The molecule has 1 aromatic carbocycles. The van der Waals surface area contributed by atoms with E-state index in [-0.39, 0.29) is 12.2 Å². The first-order chi connectivity index (χ1) is 10.2. The molecule has 0 heterocycles. The average molecular weight is 301 g/mol. The monoisotopic (exact) mass is 301 g/mol. The first-order valence-electron chi connectivity index (χ1n) is 7.43. The largest absolute Gasteiger partial charge is 0.221 e. The smallest absolute Gasteiger partial charge is 0.110 e. The van der Waals surface area contributed by atoms with Gasteiger partial charge in [0.05, 0.1) is 10.7 Å². The molecule has 1 aromatic rings. The summed E-state index contributed by atoms with van der Waals surface area (Å²) in [4.78, 5) is 4.27.